The van der Waals surface area contributed by atoms with E-state index in [9.17, 15) is 4.79 Å². The van der Waals surface area contributed by atoms with Crippen molar-refractivity contribution in [2.45, 2.75) is 25.4 Å². The Hall–Kier alpha value is -1.75. The summed E-state index contributed by atoms with van der Waals surface area (Å²) >= 11 is 0. The number of amides is 1. The van der Waals surface area contributed by atoms with E-state index in [0.717, 1.165) is 12.8 Å². The zero-order valence-corrected chi connectivity index (χ0v) is 10.8. The highest BCUT2D eigenvalue weighted by Gasteiger charge is 2.26. The molecule has 0 unspecified atom stereocenters. The second-order valence-electron chi connectivity index (χ2n) is 4.96. The molecule has 0 spiro atoms. The molecule has 0 radical (unpaired) electrons. The van der Waals surface area contributed by atoms with Crippen LogP contribution in [0.2, 0.25) is 0 Å². The molecule has 1 aromatic carbocycles. The lowest BCUT2D eigenvalue weighted by Crippen LogP contribution is -2.38. The van der Waals surface area contributed by atoms with Gasteiger partial charge in [-0.25, -0.2) is 0 Å². The third-order valence-electron chi connectivity index (χ3n) is 3.28. The lowest BCUT2D eigenvalue weighted by atomic mass is 9.82. The number of nitrogens with one attached hydrogen (secondary N) is 1. The summed E-state index contributed by atoms with van der Waals surface area (Å²) in [6, 6.07) is 7.08. The third kappa shape index (κ3) is 4.44. The molecule has 1 aliphatic carbocycles. The summed E-state index contributed by atoms with van der Waals surface area (Å²) < 4.78 is 5.44. The highest BCUT2D eigenvalue weighted by molar-refractivity contribution is 5.76. The van der Waals surface area contributed by atoms with Gasteiger partial charge in [0.1, 0.15) is 5.75 Å². The fourth-order valence-electron chi connectivity index (χ4n) is 2.04. The monoisotopic (exact) mass is 264 g/mol. The average Bonchev–Trinajstić information content (AvgIpc) is 2.36. The Morgan fingerprint density at radius 2 is 2.05 bits per heavy atom. The summed E-state index contributed by atoms with van der Waals surface area (Å²) in [7, 11) is 0. The van der Waals surface area contributed by atoms with Gasteiger partial charge in [-0.2, -0.15) is 0 Å². The number of nitrogen functional groups attached to an aromatic ring is 1. The molecule has 0 heterocycles. The van der Waals surface area contributed by atoms with Gasteiger partial charge in [0.2, 0.25) is 5.91 Å². The lowest BCUT2D eigenvalue weighted by Gasteiger charge is -2.31. The van der Waals surface area contributed by atoms with Crippen molar-refractivity contribution in [1.82, 2.24) is 5.32 Å². The van der Waals surface area contributed by atoms with Crippen molar-refractivity contribution in [3.8, 4) is 5.75 Å². The van der Waals surface area contributed by atoms with Crippen LogP contribution in [0.3, 0.4) is 0 Å². The number of carbonyl (C=O) groups is 1. The van der Waals surface area contributed by atoms with Crippen LogP contribution in [-0.4, -0.2) is 30.3 Å². The van der Waals surface area contributed by atoms with Crippen molar-refractivity contribution < 1.29 is 14.6 Å². The number of hydrogen-bond donors (Lipinski definition) is 3. The Bertz CT molecular complexity index is 413. The summed E-state index contributed by atoms with van der Waals surface area (Å²) in [5.41, 5.74) is 6.25. The molecule has 0 aromatic heterocycles. The highest BCUT2D eigenvalue weighted by Crippen LogP contribution is 2.26. The van der Waals surface area contributed by atoms with Gasteiger partial charge in [-0.05, 0) is 43.0 Å². The zero-order valence-electron chi connectivity index (χ0n) is 10.8. The van der Waals surface area contributed by atoms with Crippen molar-refractivity contribution in [3.63, 3.8) is 0 Å². The SMILES string of the molecule is Nc1ccc(OCCC(=O)NCC2CC(O)C2)cc1. The number of ether oxygens (including phenoxy) is 1. The van der Waals surface area contributed by atoms with Crippen molar-refractivity contribution >= 4 is 11.6 Å². The number of benzene rings is 1. The Morgan fingerprint density at radius 1 is 1.37 bits per heavy atom. The second-order valence-corrected chi connectivity index (χ2v) is 4.96. The van der Waals surface area contributed by atoms with Gasteiger partial charge in [0.25, 0.3) is 0 Å². The van der Waals surface area contributed by atoms with E-state index < -0.39 is 0 Å². The molecule has 104 valence electrons. The van der Waals surface area contributed by atoms with Gasteiger partial charge in [-0.1, -0.05) is 0 Å². The quantitative estimate of drug-likeness (QED) is 0.667. The number of hydrogen-bond acceptors (Lipinski definition) is 4. The van der Waals surface area contributed by atoms with E-state index in [4.69, 9.17) is 15.6 Å². The van der Waals surface area contributed by atoms with Gasteiger partial charge in [0.05, 0.1) is 19.1 Å². The molecular weight excluding hydrogens is 244 g/mol. The molecule has 0 saturated heterocycles. The van der Waals surface area contributed by atoms with Crippen molar-refractivity contribution in [2.24, 2.45) is 5.92 Å². The molecule has 0 bridgehead atoms. The maximum atomic E-state index is 11.5. The maximum absolute atomic E-state index is 11.5. The first-order valence-corrected chi connectivity index (χ1v) is 6.56. The third-order valence-corrected chi connectivity index (χ3v) is 3.28. The van der Waals surface area contributed by atoms with Crippen molar-refractivity contribution in [2.75, 3.05) is 18.9 Å². The predicted octanol–water partition coefficient (Wildman–Crippen LogP) is 0.925. The molecule has 0 aliphatic heterocycles. The molecule has 5 heteroatoms. The molecular formula is C14H20N2O3. The van der Waals surface area contributed by atoms with Crippen LogP contribution in [0.25, 0.3) is 0 Å². The standard InChI is InChI=1S/C14H20N2O3/c15-11-1-3-13(4-2-11)19-6-5-14(18)16-9-10-7-12(17)8-10/h1-4,10,12,17H,5-9,15H2,(H,16,18). The molecule has 1 aliphatic rings. The number of anilines is 1. The van der Waals surface area contributed by atoms with Crippen LogP contribution in [0.15, 0.2) is 24.3 Å². The van der Waals surface area contributed by atoms with Crippen LogP contribution in [0.1, 0.15) is 19.3 Å². The predicted molar refractivity (Wildman–Crippen MR) is 72.7 cm³/mol. The smallest absolute Gasteiger partial charge is 0.223 e. The van der Waals surface area contributed by atoms with Gasteiger partial charge in [0.15, 0.2) is 0 Å². The van der Waals surface area contributed by atoms with E-state index in [2.05, 4.69) is 5.32 Å². The minimum Gasteiger partial charge on any atom is -0.493 e. The van der Waals surface area contributed by atoms with Crippen LogP contribution in [0, 0.1) is 5.92 Å². The maximum Gasteiger partial charge on any atom is 0.223 e. The van der Waals surface area contributed by atoms with Gasteiger partial charge in [0, 0.05) is 12.2 Å². The molecule has 1 saturated carbocycles. The largest absolute Gasteiger partial charge is 0.493 e. The van der Waals surface area contributed by atoms with Crippen LogP contribution < -0.4 is 15.8 Å². The molecule has 1 fully saturated rings. The highest BCUT2D eigenvalue weighted by atomic mass is 16.5. The summed E-state index contributed by atoms with van der Waals surface area (Å²) in [5, 5.41) is 12.0. The Morgan fingerprint density at radius 3 is 2.68 bits per heavy atom. The lowest BCUT2D eigenvalue weighted by molar-refractivity contribution is -0.122. The summed E-state index contributed by atoms with van der Waals surface area (Å²) in [5.74, 6) is 1.12. The van der Waals surface area contributed by atoms with Crippen LogP contribution in [0.5, 0.6) is 5.75 Å². The summed E-state index contributed by atoms with van der Waals surface area (Å²) in [4.78, 5) is 11.5. The number of aliphatic hydroxyl groups is 1. The van der Waals surface area contributed by atoms with E-state index in [-0.39, 0.29) is 12.0 Å². The second kappa shape index (κ2) is 6.43. The number of rotatable bonds is 6. The van der Waals surface area contributed by atoms with Crippen molar-refractivity contribution in [3.05, 3.63) is 24.3 Å². The molecule has 0 atom stereocenters. The molecule has 5 nitrogen and oxygen atoms in total. The van der Waals surface area contributed by atoms with E-state index >= 15 is 0 Å². The fraction of sp³-hybridized carbons (Fsp3) is 0.500. The Kier molecular flexibility index (Phi) is 4.63. The summed E-state index contributed by atoms with van der Waals surface area (Å²) in [6.45, 7) is 1.00. The first-order chi connectivity index (χ1) is 9.13. The molecule has 4 N–H and O–H groups in total. The minimum absolute atomic E-state index is 0.0168. The van der Waals surface area contributed by atoms with Crippen LogP contribution in [-0.2, 0) is 4.79 Å². The molecule has 2 rings (SSSR count). The Balaban J connectivity index is 1.57. The van der Waals surface area contributed by atoms with E-state index in [1.807, 2.05) is 0 Å². The van der Waals surface area contributed by atoms with E-state index in [1.165, 1.54) is 0 Å². The van der Waals surface area contributed by atoms with Gasteiger partial charge >= 0.3 is 0 Å². The first-order valence-electron chi connectivity index (χ1n) is 6.56. The van der Waals surface area contributed by atoms with Crippen LogP contribution in [0.4, 0.5) is 5.69 Å². The van der Waals surface area contributed by atoms with Crippen molar-refractivity contribution in [1.29, 1.82) is 0 Å². The zero-order chi connectivity index (χ0) is 13.7. The Labute approximate surface area is 112 Å². The number of carbonyl (C=O) groups excluding carboxylic acids is 1. The molecule has 1 amide bonds. The first kappa shape index (κ1) is 13.7. The molecule has 1 aromatic rings. The van der Waals surface area contributed by atoms with Gasteiger partial charge in [-0.15, -0.1) is 0 Å². The summed E-state index contributed by atoms with van der Waals surface area (Å²) in [6.07, 6.45) is 1.75. The molecule has 19 heavy (non-hydrogen) atoms. The van der Waals surface area contributed by atoms with Gasteiger partial charge in [-0.3, -0.25) is 4.79 Å². The number of aliphatic hydroxyl groups excluding tert-OH is 1. The average molecular weight is 264 g/mol. The van der Waals surface area contributed by atoms with Crippen LogP contribution >= 0.6 is 0 Å². The minimum atomic E-state index is -0.171. The normalized spacial score (nSPS) is 21.5. The van der Waals surface area contributed by atoms with Gasteiger partial charge < -0.3 is 20.9 Å². The number of nitrogens with two attached hydrogens (primary N) is 1. The topological polar surface area (TPSA) is 84.6 Å². The fourth-order valence-corrected chi connectivity index (χ4v) is 2.04. The van der Waals surface area contributed by atoms with E-state index in [1.54, 1.807) is 24.3 Å². The van der Waals surface area contributed by atoms with E-state index in [0.29, 0.717) is 36.9 Å².